The lowest BCUT2D eigenvalue weighted by Gasteiger charge is -2.63. The van der Waals surface area contributed by atoms with E-state index in [0.29, 0.717) is 27.5 Å². The number of nitrogens with one attached hydrogen (secondary N) is 5. The van der Waals surface area contributed by atoms with Crippen LogP contribution in [0.15, 0.2) is 72.2 Å². The highest BCUT2D eigenvalue weighted by atomic mass is 35.5. The normalized spacial score (nSPS) is 19.5. The summed E-state index contributed by atoms with van der Waals surface area (Å²) in [5.74, 6) is -2.14. The van der Waals surface area contributed by atoms with Crippen LogP contribution in [-0.2, 0) is 25.7 Å². The number of aryl methyl sites for hydroxylation is 1. The summed E-state index contributed by atoms with van der Waals surface area (Å²) in [6.45, 7) is 15.2. The molecule has 1 aliphatic carbocycles. The second-order valence-corrected chi connectivity index (χ2v) is 21.2. The average Bonchev–Trinajstić information content (AvgIpc) is 3.93. The number of nitrogens with zero attached hydrogens (tertiary/aromatic N) is 3. The SMILES string of the molecule is Cc1ncsc1-c1ccc(CNC(=O)[C@@H]2C[C@@H](O)CN2C(=O)[C@@H](NC(=O)CNC(=O)CCCNC(=O)c2ccc(C(=O)NC3C(C)(C)C(Oc4ccc(C#N)c(Cl)c4)C3(C)C)cc2)C(C)(C)C)cc1. The number of aliphatic hydroxyl groups excluding tert-OH is 1. The number of carbonyl (C=O) groups excluding carboxylic acids is 6. The molecular formula is C51H61ClN8O8S. The van der Waals surface area contributed by atoms with Gasteiger partial charge in [-0.15, -0.1) is 11.3 Å². The molecule has 366 valence electrons. The molecule has 1 aliphatic heterocycles. The van der Waals surface area contributed by atoms with E-state index in [2.05, 4.69) is 31.6 Å². The molecular weight excluding hydrogens is 920 g/mol. The molecule has 2 fully saturated rings. The number of hydrogen-bond donors (Lipinski definition) is 6. The first kappa shape index (κ1) is 52.0. The summed E-state index contributed by atoms with van der Waals surface area (Å²) < 4.78 is 6.32. The third kappa shape index (κ3) is 12.3. The molecule has 1 saturated carbocycles. The number of hydrogen-bond acceptors (Lipinski definition) is 11. The van der Waals surface area contributed by atoms with Crippen LogP contribution in [0.25, 0.3) is 10.4 Å². The van der Waals surface area contributed by atoms with Crippen LogP contribution < -0.4 is 31.3 Å². The third-order valence-electron chi connectivity index (χ3n) is 12.9. The highest BCUT2D eigenvalue weighted by molar-refractivity contribution is 7.13. The van der Waals surface area contributed by atoms with Gasteiger partial charge in [-0.05, 0) is 66.3 Å². The number of halogens is 1. The number of rotatable bonds is 17. The van der Waals surface area contributed by atoms with E-state index in [0.717, 1.165) is 21.7 Å². The van der Waals surface area contributed by atoms with Gasteiger partial charge in [0, 0.05) is 66.5 Å². The monoisotopic (exact) mass is 980 g/mol. The van der Waals surface area contributed by atoms with Gasteiger partial charge in [0.15, 0.2) is 0 Å². The number of likely N-dealkylation sites (tertiary alicyclic amines) is 1. The van der Waals surface area contributed by atoms with E-state index in [9.17, 15) is 39.1 Å². The van der Waals surface area contributed by atoms with Crippen LogP contribution >= 0.6 is 22.9 Å². The third-order valence-corrected chi connectivity index (χ3v) is 14.2. The number of aromatic nitrogens is 1. The molecule has 0 spiro atoms. The minimum atomic E-state index is -1.07. The van der Waals surface area contributed by atoms with Gasteiger partial charge in [0.25, 0.3) is 11.8 Å². The largest absolute Gasteiger partial charge is 0.489 e. The van der Waals surface area contributed by atoms with Crippen molar-refractivity contribution in [2.45, 2.75) is 112 Å². The summed E-state index contributed by atoms with van der Waals surface area (Å²) in [6.07, 6.45) is -0.865. The fraction of sp³-hybridized carbons (Fsp3) is 0.451. The van der Waals surface area contributed by atoms with Crippen LogP contribution in [0.2, 0.25) is 5.02 Å². The molecule has 2 heterocycles. The number of ether oxygens (including phenoxy) is 1. The van der Waals surface area contributed by atoms with Gasteiger partial charge < -0.3 is 41.3 Å². The molecule has 2 aliphatic rings. The molecule has 6 amide bonds. The first-order valence-electron chi connectivity index (χ1n) is 22.9. The Morgan fingerprint density at radius 3 is 2.17 bits per heavy atom. The summed E-state index contributed by atoms with van der Waals surface area (Å²) in [4.78, 5) is 86.2. The summed E-state index contributed by atoms with van der Waals surface area (Å²) in [5.41, 5.74) is 3.98. The topological polar surface area (TPSA) is 232 Å². The number of nitriles is 1. The summed E-state index contributed by atoms with van der Waals surface area (Å²) in [5, 5.41) is 34.2. The van der Waals surface area contributed by atoms with E-state index in [1.54, 1.807) is 80.1 Å². The summed E-state index contributed by atoms with van der Waals surface area (Å²) in [7, 11) is 0. The predicted molar refractivity (Wildman–Crippen MR) is 262 cm³/mol. The molecule has 1 aromatic heterocycles. The zero-order chi connectivity index (χ0) is 50.4. The van der Waals surface area contributed by atoms with Crippen LogP contribution in [0.4, 0.5) is 0 Å². The van der Waals surface area contributed by atoms with E-state index in [4.69, 9.17) is 16.3 Å². The van der Waals surface area contributed by atoms with Crippen molar-refractivity contribution in [3.8, 4) is 22.3 Å². The van der Waals surface area contributed by atoms with Crippen molar-refractivity contribution < 1.29 is 38.6 Å². The number of β-amino-alcohol motifs (C(OH)–C–C–N with tert-alkyl or cyclic N) is 1. The Labute approximate surface area is 411 Å². The Hall–Kier alpha value is -6.35. The van der Waals surface area contributed by atoms with Gasteiger partial charge in [-0.1, -0.05) is 84.3 Å². The maximum absolute atomic E-state index is 14.0. The summed E-state index contributed by atoms with van der Waals surface area (Å²) >= 11 is 7.77. The second-order valence-electron chi connectivity index (χ2n) is 20.0. The van der Waals surface area contributed by atoms with E-state index >= 15 is 0 Å². The maximum atomic E-state index is 14.0. The van der Waals surface area contributed by atoms with Gasteiger partial charge in [0.2, 0.25) is 23.6 Å². The van der Waals surface area contributed by atoms with Gasteiger partial charge in [0.05, 0.1) is 39.3 Å². The quantitative estimate of drug-likeness (QED) is 0.0708. The van der Waals surface area contributed by atoms with Crippen molar-refractivity contribution in [2.75, 3.05) is 19.6 Å². The second kappa shape index (κ2) is 21.5. The number of amides is 6. The van der Waals surface area contributed by atoms with E-state index in [-0.39, 0.29) is 62.9 Å². The van der Waals surface area contributed by atoms with E-state index < -0.39 is 64.6 Å². The Kier molecular flexibility index (Phi) is 16.2. The smallest absolute Gasteiger partial charge is 0.251 e. The first-order valence-corrected chi connectivity index (χ1v) is 24.1. The highest BCUT2D eigenvalue weighted by Gasteiger charge is 2.64. The molecule has 18 heteroatoms. The van der Waals surface area contributed by atoms with Crippen molar-refractivity contribution in [3.05, 3.63) is 105 Å². The van der Waals surface area contributed by atoms with Crippen molar-refractivity contribution in [2.24, 2.45) is 16.2 Å². The molecule has 69 heavy (non-hydrogen) atoms. The van der Waals surface area contributed by atoms with Gasteiger partial charge in [-0.25, -0.2) is 4.98 Å². The predicted octanol–water partition coefficient (Wildman–Crippen LogP) is 5.69. The Morgan fingerprint density at radius 2 is 1.58 bits per heavy atom. The molecule has 3 atom stereocenters. The van der Waals surface area contributed by atoms with E-state index in [1.807, 2.05) is 65.0 Å². The summed E-state index contributed by atoms with van der Waals surface area (Å²) in [6, 6.07) is 18.7. The van der Waals surface area contributed by atoms with Gasteiger partial charge in [0.1, 0.15) is 30.0 Å². The number of thiazole rings is 1. The van der Waals surface area contributed by atoms with Gasteiger partial charge in [-0.2, -0.15) is 5.26 Å². The molecule has 0 radical (unpaired) electrons. The molecule has 4 aromatic rings. The van der Waals surface area contributed by atoms with Gasteiger partial charge >= 0.3 is 0 Å². The number of carbonyl (C=O) groups is 6. The number of benzene rings is 3. The van der Waals surface area contributed by atoms with Gasteiger partial charge in [-0.3, -0.25) is 28.8 Å². The van der Waals surface area contributed by atoms with Crippen LogP contribution in [0, 0.1) is 34.5 Å². The zero-order valence-electron chi connectivity index (χ0n) is 40.2. The standard InChI is InChI=1S/C51H61ClN8O8S/c1-29-41(69-28-57-29)31-13-11-30(12-14-31)25-56-45(66)38-22-35(61)27-60(38)46(67)42(49(2,3)4)58-40(63)26-55-39(62)10-9-21-54-43(64)32-15-17-33(18-16-32)44(65)59-47-50(5,6)48(51(47,7)8)68-36-20-19-34(24-53)37(52)23-36/h11-20,23,28,35,38,42,47-48,61H,9-10,21-22,25-27H2,1-8H3,(H,54,64)(H,55,62)(H,56,66)(H,58,63)(H,59,65)/t35-,38+,42-,47?,48?/m1/s1. The van der Waals surface area contributed by atoms with Crippen molar-refractivity contribution in [3.63, 3.8) is 0 Å². The van der Waals surface area contributed by atoms with Crippen LogP contribution in [-0.4, -0.2) is 100 Å². The first-order chi connectivity index (χ1) is 32.5. The van der Waals surface area contributed by atoms with E-state index in [1.165, 1.54) is 4.90 Å². The highest BCUT2D eigenvalue weighted by Crippen LogP contribution is 2.55. The molecule has 6 rings (SSSR count). The minimum absolute atomic E-state index is 0.00761. The molecule has 6 N–H and O–H groups in total. The molecule has 1 saturated heterocycles. The Balaban J connectivity index is 0.912. The number of aliphatic hydroxyl groups is 1. The lowest BCUT2D eigenvalue weighted by Crippen LogP contribution is -2.74. The molecule has 0 unspecified atom stereocenters. The van der Waals surface area contributed by atoms with Crippen molar-refractivity contribution >= 4 is 58.4 Å². The lowest BCUT2D eigenvalue weighted by molar-refractivity contribution is -0.164. The van der Waals surface area contributed by atoms with Crippen molar-refractivity contribution in [1.29, 1.82) is 5.26 Å². The Bertz CT molecular complexity index is 2590. The molecule has 0 bridgehead atoms. The van der Waals surface area contributed by atoms with Crippen molar-refractivity contribution in [1.82, 2.24) is 36.5 Å². The van der Waals surface area contributed by atoms with Crippen LogP contribution in [0.1, 0.15) is 105 Å². The fourth-order valence-electron chi connectivity index (χ4n) is 9.40. The molecule has 3 aromatic carbocycles. The van der Waals surface area contributed by atoms with Crippen LogP contribution in [0.3, 0.4) is 0 Å². The minimum Gasteiger partial charge on any atom is -0.489 e. The fourth-order valence-corrected chi connectivity index (χ4v) is 10.4. The lowest BCUT2D eigenvalue weighted by atomic mass is 9.49. The average molecular weight is 982 g/mol. The zero-order valence-corrected chi connectivity index (χ0v) is 41.8. The maximum Gasteiger partial charge on any atom is 0.251 e. The Morgan fingerprint density at radius 1 is 0.928 bits per heavy atom. The van der Waals surface area contributed by atoms with Crippen LogP contribution in [0.5, 0.6) is 5.75 Å². The molecule has 16 nitrogen and oxygen atoms in total.